The topological polar surface area (TPSA) is 78.1 Å². The minimum atomic E-state index is -0.326. The molecule has 0 fully saturated rings. The van der Waals surface area contributed by atoms with Gasteiger partial charge in [-0.25, -0.2) is 9.78 Å². The van der Waals surface area contributed by atoms with Gasteiger partial charge in [-0.3, -0.25) is 9.69 Å². The highest BCUT2D eigenvalue weighted by Gasteiger charge is 2.24. The van der Waals surface area contributed by atoms with Crippen LogP contribution in [-0.4, -0.2) is 22.5 Å². The third-order valence-electron chi connectivity index (χ3n) is 7.34. The molecule has 2 aromatic heterocycles. The highest BCUT2D eigenvalue weighted by Crippen LogP contribution is 2.38. The summed E-state index contributed by atoms with van der Waals surface area (Å²) in [6.45, 7) is 13.3. The molecule has 0 radical (unpaired) electrons. The number of unbranched alkanes of at least 4 members (excludes halogenated alkanes) is 1. The summed E-state index contributed by atoms with van der Waals surface area (Å²) in [5.41, 5.74) is 7.19. The van der Waals surface area contributed by atoms with Crippen LogP contribution < -0.4 is 15.8 Å². The number of fused-ring (bicyclic) bond motifs is 1. The van der Waals surface area contributed by atoms with Crippen LogP contribution in [0.5, 0.6) is 0 Å². The molecule has 0 saturated heterocycles. The minimum absolute atomic E-state index is 0.186. The van der Waals surface area contributed by atoms with E-state index in [1.54, 1.807) is 17.2 Å². The molecule has 6 nitrogen and oxygen atoms in total. The van der Waals surface area contributed by atoms with Gasteiger partial charge in [0.1, 0.15) is 11.3 Å². The number of carbonyl (C=O) groups is 1. The van der Waals surface area contributed by atoms with Gasteiger partial charge >= 0.3 is 6.03 Å². The van der Waals surface area contributed by atoms with Crippen LogP contribution in [0.25, 0.3) is 22.2 Å². The standard InChI is InChI=1S/C34H42N4O2/c1-7-9-17-38(30-21-26-15-11-16-35-32(26)37-33(30)39)34(40)36-31-28(22(3)4)19-27(20-29(31)23(5)6)25-14-10-13-24(18-25)12-8-2/h10-11,13-16,18-23H,7-9,12,17H2,1-6H3,(H,36,40)(H,35,37,39). The zero-order valence-electron chi connectivity index (χ0n) is 24.7. The first-order chi connectivity index (χ1) is 19.2. The van der Waals surface area contributed by atoms with Crippen LogP contribution in [0.15, 0.2) is 65.6 Å². The van der Waals surface area contributed by atoms with E-state index in [2.05, 4.69) is 93.2 Å². The molecule has 40 heavy (non-hydrogen) atoms. The molecule has 4 aromatic rings. The third kappa shape index (κ3) is 6.44. The zero-order valence-corrected chi connectivity index (χ0v) is 24.7. The summed E-state index contributed by atoms with van der Waals surface area (Å²) < 4.78 is 0. The molecule has 0 saturated carbocycles. The van der Waals surface area contributed by atoms with Gasteiger partial charge in [0.15, 0.2) is 0 Å². The van der Waals surface area contributed by atoms with Gasteiger partial charge in [-0.2, -0.15) is 0 Å². The number of anilines is 2. The zero-order chi connectivity index (χ0) is 28.8. The molecule has 6 heteroatoms. The minimum Gasteiger partial charge on any atom is -0.307 e. The molecule has 2 aromatic carbocycles. The lowest BCUT2D eigenvalue weighted by molar-refractivity contribution is 0.256. The molecule has 4 rings (SSSR count). The van der Waals surface area contributed by atoms with Crippen LogP contribution in [0.3, 0.4) is 0 Å². The smallest absolute Gasteiger partial charge is 0.307 e. The lowest BCUT2D eigenvalue weighted by Gasteiger charge is -2.27. The van der Waals surface area contributed by atoms with Crippen LogP contribution in [0.4, 0.5) is 16.2 Å². The van der Waals surface area contributed by atoms with Crippen molar-refractivity contribution in [2.75, 3.05) is 16.8 Å². The van der Waals surface area contributed by atoms with Gasteiger partial charge < -0.3 is 10.3 Å². The Bertz CT molecular complexity index is 1510. The first kappa shape index (κ1) is 29.1. The van der Waals surface area contributed by atoms with Crippen molar-refractivity contribution in [3.63, 3.8) is 0 Å². The molecule has 0 spiro atoms. The van der Waals surface area contributed by atoms with E-state index in [9.17, 15) is 9.59 Å². The summed E-state index contributed by atoms with van der Waals surface area (Å²) in [5.74, 6) is 0.372. The van der Waals surface area contributed by atoms with E-state index >= 15 is 0 Å². The summed E-state index contributed by atoms with van der Waals surface area (Å²) in [7, 11) is 0. The van der Waals surface area contributed by atoms with E-state index in [4.69, 9.17) is 0 Å². The SMILES string of the molecule is CCCCN(C(=O)Nc1c(C(C)C)cc(-c2cccc(CCC)c2)cc1C(C)C)c1cc2cccnc2[nH]c1=O. The van der Waals surface area contributed by atoms with Gasteiger partial charge in [0.05, 0.1) is 0 Å². The van der Waals surface area contributed by atoms with E-state index in [0.717, 1.165) is 53.4 Å². The van der Waals surface area contributed by atoms with Crippen molar-refractivity contribution in [1.29, 1.82) is 0 Å². The Labute approximate surface area is 237 Å². The molecule has 2 heterocycles. The number of pyridine rings is 2. The Hall–Kier alpha value is -3.93. The van der Waals surface area contributed by atoms with Gasteiger partial charge in [0.25, 0.3) is 5.56 Å². The molecular weight excluding hydrogens is 496 g/mol. The number of rotatable bonds is 10. The first-order valence-electron chi connectivity index (χ1n) is 14.6. The number of H-pyrrole nitrogens is 1. The average Bonchev–Trinajstić information content (AvgIpc) is 2.93. The highest BCUT2D eigenvalue weighted by molar-refractivity contribution is 6.03. The molecule has 0 unspecified atom stereocenters. The Balaban J connectivity index is 1.78. The summed E-state index contributed by atoms with van der Waals surface area (Å²) in [6, 6.07) is 18.3. The molecule has 0 aliphatic rings. The third-order valence-corrected chi connectivity index (χ3v) is 7.34. The monoisotopic (exact) mass is 538 g/mol. The second-order valence-corrected chi connectivity index (χ2v) is 11.1. The Morgan fingerprint density at radius 2 is 1.65 bits per heavy atom. The summed E-state index contributed by atoms with van der Waals surface area (Å²) in [4.78, 5) is 35.8. The van der Waals surface area contributed by atoms with Crippen LogP contribution in [0.2, 0.25) is 0 Å². The van der Waals surface area contributed by atoms with E-state index in [1.165, 1.54) is 11.1 Å². The Morgan fingerprint density at radius 1 is 0.925 bits per heavy atom. The number of nitrogens with one attached hydrogen (secondary N) is 2. The maximum absolute atomic E-state index is 14.0. The van der Waals surface area contributed by atoms with E-state index in [1.807, 2.05) is 12.1 Å². The molecular formula is C34H42N4O2. The summed E-state index contributed by atoms with van der Waals surface area (Å²) >= 11 is 0. The van der Waals surface area contributed by atoms with E-state index < -0.39 is 0 Å². The number of aryl methyl sites for hydroxylation is 1. The van der Waals surface area contributed by atoms with Gasteiger partial charge in [-0.15, -0.1) is 0 Å². The summed E-state index contributed by atoms with van der Waals surface area (Å²) in [5, 5.41) is 4.04. The lowest BCUT2D eigenvalue weighted by atomic mass is 9.88. The number of amides is 2. The molecule has 0 aliphatic carbocycles. The van der Waals surface area contributed by atoms with Gasteiger partial charge in [0, 0.05) is 23.8 Å². The number of benzene rings is 2. The predicted octanol–water partition coefficient (Wildman–Crippen LogP) is 8.63. The van der Waals surface area contributed by atoms with E-state index in [0.29, 0.717) is 17.9 Å². The first-order valence-corrected chi connectivity index (χ1v) is 14.6. The van der Waals surface area contributed by atoms with Crippen molar-refractivity contribution >= 4 is 28.4 Å². The van der Waals surface area contributed by atoms with Crippen LogP contribution in [-0.2, 0) is 6.42 Å². The van der Waals surface area contributed by atoms with Crippen LogP contribution >= 0.6 is 0 Å². The number of hydrogen-bond acceptors (Lipinski definition) is 3. The summed E-state index contributed by atoms with van der Waals surface area (Å²) in [6.07, 6.45) is 5.47. The second kappa shape index (κ2) is 12.9. The molecule has 210 valence electrons. The number of urea groups is 1. The van der Waals surface area contributed by atoms with E-state index in [-0.39, 0.29) is 23.4 Å². The van der Waals surface area contributed by atoms with Gasteiger partial charge in [-0.1, -0.05) is 78.6 Å². The van der Waals surface area contributed by atoms with Crippen molar-refractivity contribution < 1.29 is 4.79 Å². The fourth-order valence-electron chi connectivity index (χ4n) is 5.15. The number of hydrogen-bond donors (Lipinski definition) is 2. The van der Waals surface area contributed by atoms with Crippen LogP contribution in [0.1, 0.15) is 89.3 Å². The molecule has 0 atom stereocenters. The predicted molar refractivity (Wildman–Crippen MR) is 168 cm³/mol. The molecule has 0 aliphatic heterocycles. The normalized spacial score (nSPS) is 11.4. The quantitative estimate of drug-likeness (QED) is 0.212. The lowest BCUT2D eigenvalue weighted by Crippen LogP contribution is -2.39. The van der Waals surface area contributed by atoms with Gasteiger partial charge in [0.2, 0.25) is 0 Å². The number of carbonyl (C=O) groups excluding carboxylic acids is 1. The van der Waals surface area contributed by atoms with Crippen molar-refractivity contribution in [1.82, 2.24) is 9.97 Å². The number of aromatic amines is 1. The number of aromatic nitrogens is 2. The number of nitrogens with zero attached hydrogens (tertiary/aromatic N) is 2. The highest BCUT2D eigenvalue weighted by atomic mass is 16.2. The van der Waals surface area contributed by atoms with Crippen LogP contribution in [0, 0.1) is 0 Å². The van der Waals surface area contributed by atoms with Crippen molar-refractivity contribution in [2.24, 2.45) is 0 Å². The molecule has 0 bridgehead atoms. The largest absolute Gasteiger partial charge is 0.326 e. The fourth-order valence-corrected chi connectivity index (χ4v) is 5.15. The van der Waals surface area contributed by atoms with Crippen molar-refractivity contribution in [3.8, 4) is 11.1 Å². The maximum Gasteiger partial charge on any atom is 0.326 e. The van der Waals surface area contributed by atoms with Gasteiger partial charge in [-0.05, 0) is 82.8 Å². The average molecular weight is 539 g/mol. The Kier molecular flexibility index (Phi) is 9.41. The fraction of sp³-hybridized carbons (Fsp3) is 0.382. The molecule has 2 N–H and O–H groups in total. The van der Waals surface area contributed by atoms with Crippen molar-refractivity contribution in [2.45, 2.75) is 79.1 Å². The maximum atomic E-state index is 14.0. The molecule has 2 amide bonds. The second-order valence-electron chi connectivity index (χ2n) is 11.1. The Morgan fingerprint density at radius 3 is 2.30 bits per heavy atom. The van der Waals surface area contributed by atoms with Crippen molar-refractivity contribution in [3.05, 3.63) is 87.8 Å².